The lowest BCUT2D eigenvalue weighted by Crippen LogP contribution is -2.40. The molecule has 0 spiro atoms. The van der Waals surface area contributed by atoms with E-state index in [2.05, 4.69) is 92.1 Å². The van der Waals surface area contributed by atoms with Crippen LogP contribution in [-0.4, -0.2) is 41.6 Å². The number of carboxylic acids is 1. The third kappa shape index (κ3) is 41.0. The maximum absolute atomic E-state index is 12.8. The summed E-state index contributed by atoms with van der Waals surface area (Å²) in [6, 6.07) is -0.868. The van der Waals surface area contributed by atoms with Gasteiger partial charge in [-0.1, -0.05) is 164 Å². The molecule has 2 atom stereocenters. The van der Waals surface area contributed by atoms with Gasteiger partial charge >= 0.3 is 11.9 Å². The van der Waals surface area contributed by atoms with E-state index in [4.69, 9.17) is 10.5 Å². The Hall–Kier alpha value is -3.19. The van der Waals surface area contributed by atoms with Crippen LogP contribution < -0.4 is 11.1 Å². The lowest BCUT2D eigenvalue weighted by atomic mass is 10.0. The molecule has 0 aliphatic rings. The molecule has 7 nitrogen and oxygen atoms in total. The summed E-state index contributed by atoms with van der Waals surface area (Å²) in [4.78, 5) is 36.5. The number of esters is 1. The molecule has 0 fully saturated rings. The molecule has 0 saturated heterocycles. The number of nitrogens with two attached hydrogens (primary N) is 1. The van der Waals surface area contributed by atoms with Crippen LogP contribution in [0.3, 0.4) is 0 Å². The van der Waals surface area contributed by atoms with E-state index in [1.54, 1.807) is 0 Å². The predicted octanol–water partition coefficient (Wildman–Crippen LogP) is 13.9. The minimum absolute atomic E-state index is 0.0654. The number of aliphatic carboxylic acids is 1. The first-order valence-corrected chi connectivity index (χ1v) is 23.8. The van der Waals surface area contributed by atoms with Crippen LogP contribution in [0.2, 0.25) is 0 Å². The van der Waals surface area contributed by atoms with Gasteiger partial charge in [-0.2, -0.15) is 0 Å². The number of rotatable bonds is 42. The van der Waals surface area contributed by atoms with Crippen molar-refractivity contribution in [3.05, 3.63) is 72.9 Å². The number of hydrogen-bond acceptors (Lipinski definition) is 5. The van der Waals surface area contributed by atoms with Gasteiger partial charge in [-0.15, -0.1) is 0 Å². The molecule has 4 N–H and O–H groups in total. The molecule has 58 heavy (non-hydrogen) atoms. The number of carbonyl (C=O) groups is 3. The summed E-state index contributed by atoms with van der Waals surface area (Å²) >= 11 is 0. The van der Waals surface area contributed by atoms with Crippen LogP contribution >= 0.6 is 0 Å². The fourth-order valence-corrected chi connectivity index (χ4v) is 6.71. The summed E-state index contributed by atoms with van der Waals surface area (Å²) in [6.07, 6.45) is 58.1. The quantitative estimate of drug-likeness (QED) is 0.0321. The van der Waals surface area contributed by atoms with E-state index in [1.165, 1.54) is 77.0 Å². The molecule has 0 radical (unpaired) electrons. The van der Waals surface area contributed by atoms with E-state index in [1.807, 2.05) is 0 Å². The number of carbonyl (C=O) groups excluding carboxylic acids is 2. The van der Waals surface area contributed by atoms with E-state index < -0.39 is 12.0 Å². The van der Waals surface area contributed by atoms with Crippen LogP contribution in [0.1, 0.15) is 213 Å². The molecule has 332 valence electrons. The Balaban J connectivity index is 4.38. The monoisotopic (exact) mass is 809 g/mol. The summed E-state index contributed by atoms with van der Waals surface area (Å²) in [7, 11) is 0. The predicted molar refractivity (Wildman–Crippen MR) is 248 cm³/mol. The molecule has 7 heteroatoms. The second kappa shape index (κ2) is 44.9. The molecule has 2 unspecified atom stereocenters. The average Bonchev–Trinajstić information content (AvgIpc) is 3.21. The maximum Gasteiger partial charge on any atom is 0.326 e. The van der Waals surface area contributed by atoms with Crippen molar-refractivity contribution in [1.82, 2.24) is 5.32 Å². The molecule has 0 aliphatic carbocycles. The molecule has 0 rings (SSSR count). The number of allylic oxidation sites excluding steroid dienone is 12. The van der Waals surface area contributed by atoms with Crippen LogP contribution in [0, 0.1) is 0 Å². The number of ether oxygens (including phenoxy) is 1. The van der Waals surface area contributed by atoms with E-state index >= 15 is 0 Å². The third-order valence-electron chi connectivity index (χ3n) is 10.3. The maximum atomic E-state index is 12.8. The van der Waals surface area contributed by atoms with Crippen molar-refractivity contribution in [2.45, 2.75) is 225 Å². The lowest BCUT2D eigenvalue weighted by Gasteiger charge is -2.17. The highest BCUT2D eigenvalue weighted by Crippen LogP contribution is 2.17. The van der Waals surface area contributed by atoms with Crippen molar-refractivity contribution in [1.29, 1.82) is 0 Å². The smallest absolute Gasteiger partial charge is 0.326 e. The van der Waals surface area contributed by atoms with E-state index in [-0.39, 0.29) is 18.0 Å². The first-order valence-electron chi connectivity index (χ1n) is 23.8. The minimum atomic E-state index is -1.01. The highest BCUT2D eigenvalue weighted by atomic mass is 16.5. The van der Waals surface area contributed by atoms with Crippen molar-refractivity contribution in [3.8, 4) is 0 Å². The van der Waals surface area contributed by atoms with Gasteiger partial charge < -0.3 is 20.9 Å². The van der Waals surface area contributed by atoms with Gasteiger partial charge in [0, 0.05) is 12.8 Å². The Labute approximate surface area is 356 Å². The van der Waals surface area contributed by atoms with Gasteiger partial charge in [0.05, 0.1) is 0 Å². The molecular weight excluding hydrogens is 721 g/mol. The fourth-order valence-electron chi connectivity index (χ4n) is 6.71. The van der Waals surface area contributed by atoms with Crippen LogP contribution in [0.4, 0.5) is 0 Å². The van der Waals surface area contributed by atoms with Crippen LogP contribution in [0.15, 0.2) is 72.9 Å². The summed E-state index contributed by atoms with van der Waals surface area (Å²) in [6.45, 7) is 4.80. The van der Waals surface area contributed by atoms with Gasteiger partial charge in [0.25, 0.3) is 0 Å². The van der Waals surface area contributed by atoms with Gasteiger partial charge in [-0.25, -0.2) is 4.79 Å². The standard InChI is InChI=1S/C51H88N2O5/c1-3-5-7-9-11-13-15-17-18-19-20-21-22-24-26-28-30-35-39-45-50(55)58-47(41-36-32-29-27-25-23-16-14-12-10-8-6-4-2)42-37-33-31-34-38-44-49(54)53-48(51(56)57)43-40-46-52/h6,8,11-14,17-18,23,25,29,32,47-48H,3-5,7,9-10,15-16,19-22,24,26-28,30-31,33-46,52H2,1-2H3,(H,53,54)(H,56,57)/b8-6-,13-11-,14-12-,18-17-,25-23-,32-29-. The Bertz CT molecular complexity index is 1140. The van der Waals surface area contributed by atoms with Gasteiger partial charge in [-0.3, -0.25) is 9.59 Å². The number of carboxylic acid groups (broad SMARTS) is 1. The Kier molecular flexibility index (Phi) is 42.4. The van der Waals surface area contributed by atoms with Crippen LogP contribution in [0.25, 0.3) is 0 Å². The highest BCUT2D eigenvalue weighted by molar-refractivity contribution is 5.83. The second-order valence-electron chi connectivity index (χ2n) is 15.8. The molecule has 0 bridgehead atoms. The Morgan fingerprint density at radius 3 is 1.52 bits per heavy atom. The molecule has 0 saturated carbocycles. The van der Waals surface area contributed by atoms with Gasteiger partial charge in [0.15, 0.2) is 0 Å². The molecule has 1 amide bonds. The van der Waals surface area contributed by atoms with Gasteiger partial charge in [0.1, 0.15) is 12.1 Å². The number of amides is 1. The van der Waals surface area contributed by atoms with E-state index in [9.17, 15) is 19.5 Å². The number of nitrogens with one attached hydrogen (secondary N) is 1. The van der Waals surface area contributed by atoms with Crippen LogP contribution in [-0.2, 0) is 19.1 Å². The zero-order chi connectivity index (χ0) is 42.4. The molecule has 0 aromatic carbocycles. The summed E-state index contributed by atoms with van der Waals surface area (Å²) < 4.78 is 6.02. The Morgan fingerprint density at radius 1 is 0.517 bits per heavy atom. The third-order valence-corrected chi connectivity index (χ3v) is 10.3. The Morgan fingerprint density at radius 2 is 0.983 bits per heavy atom. The molecule has 0 aromatic heterocycles. The molecule has 0 heterocycles. The number of unbranched alkanes of at least 4 members (excludes halogenated alkanes) is 16. The van der Waals surface area contributed by atoms with Gasteiger partial charge in [-0.05, 0) is 116 Å². The van der Waals surface area contributed by atoms with Gasteiger partial charge in [0.2, 0.25) is 5.91 Å². The summed E-state index contributed by atoms with van der Waals surface area (Å²) in [5.41, 5.74) is 5.49. The fraction of sp³-hybridized carbons (Fsp3) is 0.706. The molecule has 0 aromatic rings. The SMILES string of the molecule is CC/C=C\C/C=C\C/C=C\C/C=C\CCC(CCCCCCCC(=O)NC(CCCN)C(=O)O)OC(=O)CCCCCCCCCCC/C=C\C/C=C\CCCCC. The second-order valence-corrected chi connectivity index (χ2v) is 15.8. The van der Waals surface area contributed by atoms with Crippen molar-refractivity contribution in [3.63, 3.8) is 0 Å². The van der Waals surface area contributed by atoms with Crippen molar-refractivity contribution in [2.75, 3.05) is 6.54 Å². The van der Waals surface area contributed by atoms with E-state index in [0.717, 1.165) is 96.3 Å². The van der Waals surface area contributed by atoms with Crippen molar-refractivity contribution in [2.24, 2.45) is 5.73 Å². The normalized spacial score (nSPS) is 13.3. The number of hydrogen-bond donors (Lipinski definition) is 3. The topological polar surface area (TPSA) is 119 Å². The summed E-state index contributed by atoms with van der Waals surface area (Å²) in [5, 5.41) is 11.9. The van der Waals surface area contributed by atoms with Crippen LogP contribution in [0.5, 0.6) is 0 Å². The largest absolute Gasteiger partial charge is 0.480 e. The van der Waals surface area contributed by atoms with Crippen molar-refractivity contribution < 1.29 is 24.2 Å². The molecular formula is C51H88N2O5. The summed E-state index contributed by atoms with van der Waals surface area (Å²) in [5.74, 6) is -1.29. The van der Waals surface area contributed by atoms with Crippen molar-refractivity contribution >= 4 is 17.8 Å². The first-order chi connectivity index (χ1) is 28.4. The zero-order valence-corrected chi connectivity index (χ0v) is 37.4. The highest BCUT2D eigenvalue weighted by Gasteiger charge is 2.19. The van der Waals surface area contributed by atoms with E-state index in [0.29, 0.717) is 32.2 Å². The molecule has 0 aliphatic heterocycles. The average molecular weight is 809 g/mol. The minimum Gasteiger partial charge on any atom is -0.480 e. The lowest BCUT2D eigenvalue weighted by molar-refractivity contribution is -0.150. The zero-order valence-electron chi connectivity index (χ0n) is 37.4. The first kappa shape index (κ1) is 54.8.